The second-order valence-corrected chi connectivity index (χ2v) is 8.91. The molecule has 0 radical (unpaired) electrons. The van der Waals surface area contributed by atoms with Crippen LogP contribution in [-0.4, -0.2) is 18.4 Å². The lowest BCUT2D eigenvalue weighted by molar-refractivity contribution is 0.598. The monoisotopic (exact) mass is 471 g/mol. The van der Waals surface area contributed by atoms with Crippen LogP contribution in [0.5, 0.6) is 0 Å². The van der Waals surface area contributed by atoms with Crippen molar-refractivity contribution in [2.45, 2.75) is 4.90 Å². The predicted octanol–water partition coefficient (Wildman–Crippen LogP) is 2.96. The summed E-state index contributed by atoms with van der Waals surface area (Å²) in [7, 11) is -3.83. The van der Waals surface area contributed by atoms with Crippen LogP contribution in [0, 0.1) is 0 Å². The maximum absolute atomic E-state index is 12.4. The fourth-order valence-corrected chi connectivity index (χ4v) is 3.91. The van der Waals surface area contributed by atoms with Gasteiger partial charge in [0.1, 0.15) is 0 Å². The van der Waals surface area contributed by atoms with Crippen LogP contribution in [0.15, 0.2) is 79.6 Å². The van der Waals surface area contributed by atoms with Crippen molar-refractivity contribution in [1.82, 2.24) is 9.97 Å². The van der Waals surface area contributed by atoms with Gasteiger partial charge in [-0.2, -0.15) is 0 Å². The van der Waals surface area contributed by atoms with E-state index in [1.807, 2.05) is 30.3 Å². The van der Waals surface area contributed by atoms with Gasteiger partial charge in [-0.1, -0.05) is 40.2 Å². The minimum atomic E-state index is -3.83. The number of rotatable bonds is 3. The number of primary sulfonamides is 1. The van der Waals surface area contributed by atoms with Gasteiger partial charge in [0.25, 0.3) is 5.56 Å². The summed E-state index contributed by atoms with van der Waals surface area (Å²) in [5.41, 5.74) is 2.10. The molecule has 4 rings (SSSR count). The number of nitrogens with two attached hydrogens (primary N) is 1. The smallest absolute Gasteiger partial charge is 0.306 e. The topological polar surface area (TPSA) is 126 Å². The van der Waals surface area contributed by atoms with Crippen molar-refractivity contribution in [1.29, 1.82) is 0 Å². The van der Waals surface area contributed by atoms with Gasteiger partial charge in [0.2, 0.25) is 10.0 Å². The van der Waals surface area contributed by atoms with E-state index < -0.39 is 21.3 Å². The predicted molar refractivity (Wildman–Crippen MR) is 115 cm³/mol. The number of halogens is 1. The first kappa shape index (κ1) is 19.3. The number of hydrogen-bond acceptors (Lipinski definition) is 4. The number of benzene rings is 3. The highest BCUT2D eigenvalue weighted by Gasteiger charge is 2.13. The van der Waals surface area contributed by atoms with Crippen molar-refractivity contribution in [3.63, 3.8) is 0 Å². The van der Waals surface area contributed by atoms with Crippen LogP contribution in [0.4, 0.5) is 0 Å². The van der Waals surface area contributed by atoms with E-state index in [2.05, 4.69) is 25.9 Å². The van der Waals surface area contributed by atoms with Gasteiger partial charge >= 0.3 is 5.69 Å². The van der Waals surface area contributed by atoms with E-state index in [0.717, 1.165) is 15.6 Å². The third-order valence-electron chi connectivity index (χ3n) is 4.52. The molecule has 0 spiro atoms. The third kappa shape index (κ3) is 3.80. The molecule has 7 nitrogen and oxygen atoms in total. The summed E-state index contributed by atoms with van der Waals surface area (Å²) in [6.07, 6.45) is 0. The van der Waals surface area contributed by atoms with Crippen LogP contribution in [0.1, 0.15) is 0 Å². The lowest BCUT2D eigenvalue weighted by atomic mass is 9.96. The molecule has 0 atom stereocenters. The molecule has 1 aromatic heterocycles. The van der Waals surface area contributed by atoms with E-state index in [-0.39, 0.29) is 4.90 Å². The summed E-state index contributed by atoms with van der Waals surface area (Å²) in [4.78, 5) is 29.2. The number of H-pyrrole nitrogens is 2. The summed E-state index contributed by atoms with van der Waals surface area (Å²) in [5.74, 6) is 0. The first-order valence-electron chi connectivity index (χ1n) is 8.42. The molecule has 0 aliphatic carbocycles. The first-order chi connectivity index (χ1) is 13.7. The largest absolute Gasteiger partial charge is 0.326 e. The molecule has 29 heavy (non-hydrogen) atoms. The number of aromatic nitrogens is 2. The van der Waals surface area contributed by atoms with Crippen molar-refractivity contribution < 1.29 is 8.42 Å². The zero-order chi connectivity index (χ0) is 20.8. The Morgan fingerprint density at radius 3 is 2.03 bits per heavy atom. The van der Waals surface area contributed by atoms with E-state index in [1.165, 1.54) is 12.1 Å². The molecule has 3 aromatic carbocycles. The van der Waals surface area contributed by atoms with Gasteiger partial charge in [-0.3, -0.25) is 9.78 Å². The van der Waals surface area contributed by atoms with E-state index in [1.54, 1.807) is 18.2 Å². The molecule has 0 fully saturated rings. The van der Waals surface area contributed by atoms with Gasteiger partial charge in [-0.25, -0.2) is 18.4 Å². The number of fused-ring (bicyclic) bond motifs is 1. The Kier molecular flexibility index (Phi) is 4.73. The molecule has 0 saturated carbocycles. The van der Waals surface area contributed by atoms with Crippen molar-refractivity contribution >= 4 is 36.9 Å². The van der Waals surface area contributed by atoms with Crippen LogP contribution in [0.25, 0.3) is 33.2 Å². The van der Waals surface area contributed by atoms with Gasteiger partial charge in [-0.05, 0) is 53.1 Å². The molecule has 0 bridgehead atoms. The minimum absolute atomic E-state index is 0.0269. The quantitative estimate of drug-likeness (QED) is 0.424. The van der Waals surface area contributed by atoms with Gasteiger partial charge in [0.15, 0.2) is 0 Å². The molecule has 0 aliphatic rings. The lowest BCUT2D eigenvalue weighted by Crippen LogP contribution is -2.22. The summed E-state index contributed by atoms with van der Waals surface area (Å²) >= 11 is 3.40. The molecule has 1 heterocycles. The highest BCUT2D eigenvalue weighted by molar-refractivity contribution is 9.10. The van der Waals surface area contributed by atoms with E-state index in [4.69, 9.17) is 5.14 Å². The lowest BCUT2D eigenvalue weighted by Gasteiger charge is -2.11. The van der Waals surface area contributed by atoms with E-state index in [0.29, 0.717) is 22.0 Å². The van der Waals surface area contributed by atoms with Crippen LogP contribution in [0.3, 0.4) is 0 Å². The molecule has 4 aromatic rings. The Balaban J connectivity index is 2.02. The third-order valence-corrected chi connectivity index (χ3v) is 5.98. The van der Waals surface area contributed by atoms with Gasteiger partial charge < -0.3 is 4.98 Å². The second-order valence-electron chi connectivity index (χ2n) is 6.43. The second kappa shape index (κ2) is 7.11. The molecule has 0 aliphatic heterocycles. The Bertz CT molecular complexity index is 1460. The number of nitrogens with one attached hydrogen (secondary N) is 2. The van der Waals surface area contributed by atoms with Crippen LogP contribution in [-0.2, 0) is 10.0 Å². The van der Waals surface area contributed by atoms with Crippen molar-refractivity contribution in [2.24, 2.45) is 5.14 Å². The van der Waals surface area contributed by atoms with E-state index >= 15 is 0 Å². The maximum Gasteiger partial charge on any atom is 0.326 e. The van der Waals surface area contributed by atoms with Crippen molar-refractivity contribution in [2.75, 3.05) is 0 Å². The van der Waals surface area contributed by atoms with Crippen molar-refractivity contribution in [3.8, 4) is 22.3 Å². The van der Waals surface area contributed by atoms with Crippen LogP contribution in [0.2, 0.25) is 0 Å². The molecular weight excluding hydrogens is 458 g/mol. The number of sulfonamides is 1. The highest BCUT2D eigenvalue weighted by Crippen LogP contribution is 2.32. The average Bonchev–Trinajstić information content (AvgIpc) is 2.67. The maximum atomic E-state index is 12.4. The Morgan fingerprint density at radius 2 is 1.41 bits per heavy atom. The Labute approximate surface area is 173 Å². The molecular formula is C20H14BrN3O4S. The van der Waals surface area contributed by atoms with Gasteiger partial charge in [0, 0.05) is 10.0 Å². The summed E-state index contributed by atoms with van der Waals surface area (Å²) < 4.78 is 24.0. The highest BCUT2D eigenvalue weighted by atomic mass is 79.9. The van der Waals surface area contributed by atoms with Crippen molar-refractivity contribution in [3.05, 3.63) is 86.0 Å². The number of aromatic amines is 2. The average molecular weight is 472 g/mol. The molecule has 4 N–H and O–H groups in total. The summed E-state index contributed by atoms with van der Waals surface area (Å²) in [6, 6.07) is 17.1. The molecule has 0 unspecified atom stereocenters. The normalized spacial score (nSPS) is 11.7. The zero-order valence-electron chi connectivity index (χ0n) is 14.8. The minimum Gasteiger partial charge on any atom is -0.306 e. The molecule has 0 saturated heterocycles. The standard InChI is InChI=1S/C20H14BrN3O4S/c21-14-5-1-11(2-6-14)13-9-16(12-3-7-15(8-4-12)29(22,27)28)18-17(10-13)19(25)24-20(26)23-18/h1-10H,(H2,22,27,28)(H2,23,24,25,26). The fourth-order valence-electron chi connectivity index (χ4n) is 3.13. The summed E-state index contributed by atoms with van der Waals surface area (Å²) in [5, 5.41) is 5.48. The molecule has 9 heteroatoms. The first-order valence-corrected chi connectivity index (χ1v) is 10.8. The number of hydrogen-bond donors (Lipinski definition) is 3. The van der Waals surface area contributed by atoms with E-state index in [9.17, 15) is 18.0 Å². The molecule has 0 amide bonds. The van der Waals surface area contributed by atoms with Crippen LogP contribution < -0.4 is 16.4 Å². The fraction of sp³-hybridized carbons (Fsp3) is 0. The van der Waals surface area contributed by atoms with Crippen LogP contribution >= 0.6 is 15.9 Å². The Hall–Kier alpha value is -3.01. The Morgan fingerprint density at radius 1 is 0.793 bits per heavy atom. The van der Waals surface area contributed by atoms with Gasteiger partial charge in [-0.15, -0.1) is 0 Å². The molecule has 146 valence electrons. The zero-order valence-corrected chi connectivity index (χ0v) is 17.2. The van der Waals surface area contributed by atoms with Gasteiger partial charge in [0.05, 0.1) is 15.8 Å². The SMILES string of the molecule is NS(=O)(=O)c1ccc(-c2cc(-c3ccc(Br)cc3)cc3c(=O)[nH]c(=O)[nH]c23)cc1. The summed E-state index contributed by atoms with van der Waals surface area (Å²) in [6.45, 7) is 0.